The Balaban J connectivity index is 2.50. The van der Waals surface area contributed by atoms with Gasteiger partial charge in [0, 0.05) is 0 Å². The van der Waals surface area contributed by atoms with Crippen LogP contribution in [-0.2, 0) is 10.0 Å². The highest BCUT2D eigenvalue weighted by atomic mass is 32.2. The largest absolute Gasteiger partial charge is 0.494 e. The van der Waals surface area contributed by atoms with Gasteiger partial charge in [-0.15, -0.1) is 6.58 Å². The minimum absolute atomic E-state index is 0.0401. The number of hydrogen-bond acceptors (Lipinski definition) is 3. The Morgan fingerprint density at radius 1 is 1.17 bits per heavy atom. The van der Waals surface area contributed by atoms with E-state index in [9.17, 15) is 17.2 Å². The first-order valence-electron chi connectivity index (χ1n) is 6.63. The van der Waals surface area contributed by atoms with Crippen LogP contribution < -0.4 is 9.04 Å². The Morgan fingerprint density at radius 2 is 1.83 bits per heavy atom. The van der Waals surface area contributed by atoms with Crippen LogP contribution in [-0.4, -0.2) is 22.1 Å². The molecule has 0 unspecified atom stereocenters. The summed E-state index contributed by atoms with van der Waals surface area (Å²) in [5.74, 6) is -1.33. The number of sulfonamides is 1. The van der Waals surface area contributed by atoms with Gasteiger partial charge < -0.3 is 4.74 Å². The van der Waals surface area contributed by atoms with E-state index < -0.39 is 21.7 Å². The Bertz CT molecular complexity index is 805. The molecule has 0 heterocycles. The third-order valence-electron chi connectivity index (χ3n) is 3.12. The SMILES string of the molecule is C=CCN(c1ccc(F)cc1)S(=O)(=O)c1ccc(OC)c(F)c1. The summed E-state index contributed by atoms with van der Waals surface area (Å²) in [7, 11) is -2.75. The first-order chi connectivity index (χ1) is 10.9. The normalized spacial score (nSPS) is 11.1. The van der Waals surface area contributed by atoms with Crippen molar-refractivity contribution in [2.75, 3.05) is 18.0 Å². The van der Waals surface area contributed by atoms with Gasteiger partial charge in [0.15, 0.2) is 11.6 Å². The van der Waals surface area contributed by atoms with Gasteiger partial charge in [-0.3, -0.25) is 4.31 Å². The molecule has 0 bridgehead atoms. The average molecular weight is 339 g/mol. The molecule has 2 aromatic rings. The maximum Gasteiger partial charge on any atom is 0.264 e. The number of methoxy groups -OCH3 is 1. The summed E-state index contributed by atoms with van der Waals surface area (Å²) in [6.07, 6.45) is 1.39. The summed E-state index contributed by atoms with van der Waals surface area (Å²) in [6, 6.07) is 8.32. The molecule has 23 heavy (non-hydrogen) atoms. The topological polar surface area (TPSA) is 46.6 Å². The molecular formula is C16H15F2NO3S. The Kier molecular flexibility index (Phi) is 5.00. The highest BCUT2D eigenvalue weighted by molar-refractivity contribution is 7.92. The quantitative estimate of drug-likeness (QED) is 0.758. The molecule has 0 aliphatic carbocycles. The minimum atomic E-state index is -4.03. The first kappa shape index (κ1) is 17.0. The van der Waals surface area contributed by atoms with E-state index in [1.165, 1.54) is 37.5 Å². The van der Waals surface area contributed by atoms with Gasteiger partial charge in [0.25, 0.3) is 10.0 Å². The third kappa shape index (κ3) is 3.50. The lowest BCUT2D eigenvalue weighted by molar-refractivity contribution is 0.385. The molecule has 0 saturated carbocycles. The van der Waals surface area contributed by atoms with Gasteiger partial charge in [0.05, 0.1) is 24.2 Å². The number of benzene rings is 2. The van der Waals surface area contributed by atoms with E-state index >= 15 is 0 Å². The molecule has 0 saturated heterocycles. The van der Waals surface area contributed by atoms with Crippen LogP contribution in [0.15, 0.2) is 60.0 Å². The lowest BCUT2D eigenvalue weighted by Crippen LogP contribution is -2.31. The van der Waals surface area contributed by atoms with Crippen molar-refractivity contribution in [3.8, 4) is 5.75 Å². The van der Waals surface area contributed by atoms with E-state index in [1.807, 2.05) is 0 Å². The number of nitrogens with zero attached hydrogens (tertiary/aromatic N) is 1. The Labute approximate surface area is 133 Å². The van der Waals surface area contributed by atoms with E-state index in [1.54, 1.807) is 0 Å². The van der Waals surface area contributed by atoms with Gasteiger partial charge in [-0.1, -0.05) is 6.08 Å². The van der Waals surface area contributed by atoms with E-state index in [0.717, 1.165) is 22.5 Å². The fraction of sp³-hybridized carbons (Fsp3) is 0.125. The second-order valence-electron chi connectivity index (χ2n) is 4.60. The Hall–Kier alpha value is -2.41. The van der Waals surface area contributed by atoms with Crippen molar-refractivity contribution in [1.82, 2.24) is 0 Å². The molecule has 0 N–H and O–H groups in total. The van der Waals surface area contributed by atoms with Crippen LogP contribution in [0.4, 0.5) is 14.5 Å². The van der Waals surface area contributed by atoms with Crippen molar-refractivity contribution in [3.05, 3.63) is 66.8 Å². The van der Waals surface area contributed by atoms with Crippen molar-refractivity contribution in [2.24, 2.45) is 0 Å². The maximum absolute atomic E-state index is 13.8. The zero-order valence-corrected chi connectivity index (χ0v) is 13.2. The molecule has 2 aromatic carbocycles. The number of hydrogen-bond donors (Lipinski definition) is 0. The number of halogens is 2. The zero-order chi connectivity index (χ0) is 17.0. The summed E-state index contributed by atoms with van der Waals surface area (Å²) in [5.41, 5.74) is 0.252. The van der Waals surface area contributed by atoms with Gasteiger partial charge in [-0.05, 0) is 42.5 Å². The molecule has 0 radical (unpaired) electrons. The van der Waals surface area contributed by atoms with Gasteiger partial charge in [0.2, 0.25) is 0 Å². The van der Waals surface area contributed by atoms with E-state index in [-0.39, 0.29) is 22.9 Å². The summed E-state index contributed by atoms with van der Waals surface area (Å²) in [4.78, 5) is -0.234. The summed E-state index contributed by atoms with van der Waals surface area (Å²) in [6.45, 7) is 3.48. The number of ether oxygens (including phenoxy) is 1. The second-order valence-corrected chi connectivity index (χ2v) is 6.46. The van der Waals surface area contributed by atoms with Crippen LogP contribution in [0.2, 0.25) is 0 Å². The highest BCUT2D eigenvalue weighted by Crippen LogP contribution is 2.27. The molecule has 0 aromatic heterocycles. The standard InChI is InChI=1S/C16H15F2NO3S/c1-3-10-19(13-6-4-12(17)5-7-13)23(20,21)14-8-9-16(22-2)15(18)11-14/h3-9,11H,1,10H2,2H3. The first-order valence-corrected chi connectivity index (χ1v) is 8.07. The average Bonchev–Trinajstić information content (AvgIpc) is 2.53. The Morgan fingerprint density at radius 3 is 2.35 bits per heavy atom. The predicted octanol–water partition coefficient (Wildman–Crippen LogP) is 3.35. The second kappa shape index (κ2) is 6.78. The molecule has 7 heteroatoms. The van der Waals surface area contributed by atoms with Crippen molar-refractivity contribution in [1.29, 1.82) is 0 Å². The van der Waals surface area contributed by atoms with Gasteiger partial charge in [-0.25, -0.2) is 17.2 Å². The van der Waals surface area contributed by atoms with Crippen molar-refractivity contribution < 1.29 is 21.9 Å². The van der Waals surface area contributed by atoms with Gasteiger partial charge in [0.1, 0.15) is 5.82 Å². The smallest absolute Gasteiger partial charge is 0.264 e. The van der Waals surface area contributed by atoms with E-state index in [0.29, 0.717) is 0 Å². The number of rotatable bonds is 6. The van der Waals surface area contributed by atoms with Gasteiger partial charge in [-0.2, -0.15) is 0 Å². The van der Waals surface area contributed by atoms with Crippen molar-refractivity contribution in [2.45, 2.75) is 4.90 Å². The van der Waals surface area contributed by atoms with Crippen molar-refractivity contribution in [3.63, 3.8) is 0 Å². The maximum atomic E-state index is 13.8. The van der Waals surface area contributed by atoms with Crippen LogP contribution in [0.5, 0.6) is 5.75 Å². The highest BCUT2D eigenvalue weighted by Gasteiger charge is 2.25. The molecule has 0 aliphatic heterocycles. The molecule has 4 nitrogen and oxygen atoms in total. The zero-order valence-electron chi connectivity index (χ0n) is 12.4. The fourth-order valence-corrected chi connectivity index (χ4v) is 3.45. The van der Waals surface area contributed by atoms with E-state index in [2.05, 4.69) is 6.58 Å². The summed E-state index contributed by atoms with van der Waals surface area (Å²) >= 11 is 0. The molecule has 0 amide bonds. The van der Waals surface area contributed by atoms with Crippen LogP contribution in [0.3, 0.4) is 0 Å². The summed E-state index contributed by atoms with van der Waals surface area (Å²) < 4.78 is 58.1. The van der Waals surface area contributed by atoms with Crippen LogP contribution in [0.25, 0.3) is 0 Å². The minimum Gasteiger partial charge on any atom is -0.494 e. The van der Waals surface area contributed by atoms with Crippen LogP contribution in [0, 0.1) is 11.6 Å². The van der Waals surface area contributed by atoms with Crippen molar-refractivity contribution >= 4 is 15.7 Å². The predicted molar refractivity (Wildman–Crippen MR) is 84.1 cm³/mol. The molecule has 0 aliphatic rings. The molecule has 0 atom stereocenters. The molecular weight excluding hydrogens is 324 g/mol. The molecule has 2 rings (SSSR count). The molecule has 122 valence electrons. The van der Waals surface area contributed by atoms with Crippen LogP contribution in [0.1, 0.15) is 0 Å². The summed E-state index contributed by atoms with van der Waals surface area (Å²) in [5, 5.41) is 0. The molecule has 0 fully saturated rings. The lowest BCUT2D eigenvalue weighted by Gasteiger charge is -2.23. The van der Waals surface area contributed by atoms with Gasteiger partial charge >= 0.3 is 0 Å². The third-order valence-corrected chi connectivity index (χ3v) is 4.91. The lowest BCUT2D eigenvalue weighted by atomic mass is 10.3. The number of anilines is 1. The monoisotopic (exact) mass is 339 g/mol. The van der Waals surface area contributed by atoms with Crippen LogP contribution >= 0.6 is 0 Å². The molecule has 0 spiro atoms. The van der Waals surface area contributed by atoms with E-state index in [4.69, 9.17) is 4.74 Å². The fourth-order valence-electron chi connectivity index (χ4n) is 2.00.